The van der Waals surface area contributed by atoms with Crippen molar-refractivity contribution in [2.75, 3.05) is 13.6 Å². The molecule has 18 heavy (non-hydrogen) atoms. The van der Waals surface area contributed by atoms with Crippen LogP contribution in [0.15, 0.2) is 0 Å². The van der Waals surface area contributed by atoms with Gasteiger partial charge in [0.15, 0.2) is 0 Å². The molecule has 1 aliphatic carbocycles. The van der Waals surface area contributed by atoms with Gasteiger partial charge in [-0.2, -0.15) is 0 Å². The maximum absolute atomic E-state index is 11.7. The number of amides is 1. The third kappa shape index (κ3) is 5.04. The van der Waals surface area contributed by atoms with Crippen molar-refractivity contribution in [2.24, 2.45) is 0 Å². The van der Waals surface area contributed by atoms with Gasteiger partial charge in [-0.15, -0.1) is 0 Å². The Labute approximate surface area is 108 Å². The van der Waals surface area contributed by atoms with E-state index in [2.05, 4.69) is 0 Å². The highest BCUT2D eigenvalue weighted by atomic mass is 16.4. The molecule has 0 unspecified atom stereocenters. The Balaban J connectivity index is 2.20. The van der Waals surface area contributed by atoms with Gasteiger partial charge in [-0.25, -0.2) is 0 Å². The predicted molar refractivity (Wildman–Crippen MR) is 67.2 cm³/mol. The standard InChI is InChI=1S/C13H23NO4/c1-14(11(15)5-4-6-12(16)17)10-9-13(18)7-2-3-8-13/h18H,2-10H2,1H3,(H,16,17). The van der Waals surface area contributed by atoms with Gasteiger partial charge in [0.25, 0.3) is 0 Å². The van der Waals surface area contributed by atoms with Crippen LogP contribution in [-0.4, -0.2) is 46.2 Å². The van der Waals surface area contributed by atoms with Crippen molar-refractivity contribution in [2.45, 2.75) is 57.0 Å². The van der Waals surface area contributed by atoms with Crippen molar-refractivity contribution in [1.29, 1.82) is 0 Å². The lowest BCUT2D eigenvalue weighted by Crippen LogP contribution is -2.34. The fraction of sp³-hybridized carbons (Fsp3) is 0.846. The molecule has 0 aromatic heterocycles. The highest BCUT2D eigenvalue weighted by Gasteiger charge is 2.31. The Morgan fingerprint density at radius 2 is 1.83 bits per heavy atom. The lowest BCUT2D eigenvalue weighted by Gasteiger charge is -2.25. The molecule has 5 nitrogen and oxygen atoms in total. The Morgan fingerprint density at radius 1 is 1.22 bits per heavy atom. The molecule has 0 heterocycles. The van der Waals surface area contributed by atoms with Crippen LogP contribution < -0.4 is 0 Å². The molecule has 1 amide bonds. The van der Waals surface area contributed by atoms with E-state index < -0.39 is 11.6 Å². The molecule has 0 spiro atoms. The van der Waals surface area contributed by atoms with E-state index >= 15 is 0 Å². The number of hydrogen-bond acceptors (Lipinski definition) is 3. The van der Waals surface area contributed by atoms with Crippen LogP contribution in [0.2, 0.25) is 0 Å². The number of rotatable bonds is 7. The number of nitrogens with zero attached hydrogens (tertiary/aromatic N) is 1. The van der Waals surface area contributed by atoms with E-state index in [1.165, 1.54) is 0 Å². The molecule has 0 aliphatic heterocycles. The largest absolute Gasteiger partial charge is 0.481 e. The summed E-state index contributed by atoms with van der Waals surface area (Å²) in [6.07, 6.45) is 5.07. The van der Waals surface area contributed by atoms with Crippen LogP contribution in [0.4, 0.5) is 0 Å². The molecule has 5 heteroatoms. The zero-order valence-electron chi connectivity index (χ0n) is 11.0. The van der Waals surface area contributed by atoms with E-state index in [4.69, 9.17) is 5.11 Å². The minimum Gasteiger partial charge on any atom is -0.481 e. The number of carbonyl (C=O) groups is 2. The number of carboxylic acids is 1. The minimum absolute atomic E-state index is 0.0313. The van der Waals surface area contributed by atoms with Crippen molar-refractivity contribution in [3.8, 4) is 0 Å². The predicted octanol–water partition coefficient (Wildman–Crippen LogP) is 1.39. The highest BCUT2D eigenvalue weighted by molar-refractivity contribution is 5.76. The minimum atomic E-state index is -0.870. The van der Waals surface area contributed by atoms with Crippen molar-refractivity contribution >= 4 is 11.9 Å². The topological polar surface area (TPSA) is 77.8 Å². The first-order valence-electron chi connectivity index (χ1n) is 6.61. The van der Waals surface area contributed by atoms with Crippen LogP contribution in [0.1, 0.15) is 51.4 Å². The Hall–Kier alpha value is -1.10. The maximum atomic E-state index is 11.7. The first-order valence-corrected chi connectivity index (χ1v) is 6.61. The highest BCUT2D eigenvalue weighted by Crippen LogP contribution is 2.32. The number of hydrogen-bond donors (Lipinski definition) is 2. The van der Waals surface area contributed by atoms with Gasteiger partial charge < -0.3 is 15.1 Å². The first-order chi connectivity index (χ1) is 8.43. The number of aliphatic carboxylic acids is 1. The van der Waals surface area contributed by atoms with E-state index in [0.29, 0.717) is 19.4 Å². The summed E-state index contributed by atoms with van der Waals surface area (Å²) in [6, 6.07) is 0. The molecule has 1 aliphatic rings. The lowest BCUT2D eigenvalue weighted by atomic mass is 9.98. The van der Waals surface area contributed by atoms with Gasteiger partial charge in [0.2, 0.25) is 5.91 Å². The summed E-state index contributed by atoms with van der Waals surface area (Å²) in [5, 5.41) is 18.6. The van der Waals surface area contributed by atoms with E-state index in [9.17, 15) is 14.7 Å². The molecule has 0 aromatic rings. The van der Waals surface area contributed by atoms with Crippen LogP contribution in [0.5, 0.6) is 0 Å². The summed E-state index contributed by atoms with van der Waals surface area (Å²) in [4.78, 5) is 23.6. The number of carbonyl (C=O) groups excluding carboxylic acids is 1. The monoisotopic (exact) mass is 257 g/mol. The second kappa shape index (κ2) is 6.73. The van der Waals surface area contributed by atoms with Gasteiger partial charge in [-0.3, -0.25) is 9.59 Å². The van der Waals surface area contributed by atoms with Gasteiger partial charge in [0, 0.05) is 26.4 Å². The molecule has 1 rings (SSSR count). The fourth-order valence-corrected chi connectivity index (χ4v) is 2.37. The molecule has 0 radical (unpaired) electrons. The second-order valence-corrected chi connectivity index (χ2v) is 5.24. The average Bonchev–Trinajstić information content (AvgIpc) is 2.73. The Bertz CT molecular complexity index is 297. The van der Waals surface area contributed by atoms with E-state index in [1.807, 2.05) is 0 Å². The summed E-state index contributed by atoms with van der Waals surface area (Å²) in [5.41, 5.74) is -0.588. The molecular formula is C13H23NO4. The van der Waals surface area contributed by atoms with E-state index in [0.717, 1.165) is 25.7 Å². The van der Waals surface area contributed by atoms with Crippen molar-refractivity contribution in [3.63, 3.8) is 0 Å². The molecule has 104 valence electrons. The smallest absolute Gasteiger partial charge is 0.303 e. The van der Waals surface area contributed by atoms with Crippen LogP contribution >= 0.6 is 0 Å². The quantitative estimate of drug-likeness (QED) is 0.722. The van der Waals surface area contributed by atoms with Crippen LogP contribution in [-0.2, 0) is 9.59 Å². The summed E-state index contributed by atoms with van der Waals surface area (Å²) in [7, 11) is 1.71. The molecule has 0 saturated heterocycles. The number of aliphatic hydroxyl groups is 1. The lowest BCUT2D eigenvalue weighted by molar-refractivity contribution is -0.137. The molecule has 1 fully saturated rings. The molecular weight excluding hydrogens is 234 g/mol. The third-order valence-corrected chi connectivity index (χ3v) is 3.65. The Morgan fingerprint density at radius 3 is 2.39 bits per heavy atom. The SMILES string of the molecule is CN(CCC1(O)CCCC1)C(=O)CCCC(=O)O. The molecule has 1 saturated carbocycles. The normalized spacial score (nSPS) is 17.7. The second-order valence-electron chi connectivity index (χ2n) is 5.24. The molecule has 0 bridgehead atoms. The summed E-state index contributed by atoms with van der Waals surface area (Å²) >= 11 is 0. The summed E-state index contributed by atoms with van der Waals surface area (Å²) in [5.74, 6) is -0.913. The molecule has 0 atom stereocenters. The fourth-order valence-electron chi connectivity index (χ4n) is 2.37. The Kier molecular flexibility index (Phi) is 5.59. The molecule has 0 aromatic carbocycles. The number of carboxylic acid groups (broad SMARTS) is 1. The van der Waals surface area contributed by atoms with Crippen LogP contribution in [0.25, 0.3) is 0 Å². The van der Waals surface area contributed by atoms with Gasteiger partial charge in [-0.05, 0) is 25.7 Å². The molecule has 2 N–H and O–H groups in total. The van der Waals surface area contributed by atoms with Gasteiger partial charge in [0.1, 0.15) is 0 Å². The summed E-state index contributed by atoms with van der Waals surface area (Å²) in [6.45, 7) is 0.544. The van der Waals surface area contributed by atoms with Crippen molar-refractivity contribution < 1.29 is 19.8 Å². The van der Waals surface area contributed by atoms with Gasteiger partial charge >= 0.3 is 5.97 Å². The van der Waals surface area contributed by atoms with Crippen LogP contribution in [0.3, 0.4) is 0 Å². The van der Waals surface area contributed by atoms with Crippen LogP contribution in [0, 0.1) is 0 Å². The van der Waals surface area contributed by atoms with Gasteiger partial charge in [-0.1, -0.05) is 12.8 Å². The zero-order valence-corrected chi connectivity index (χ0v) is 11.0. The van der Waals surface area contributed by atoms with Crippen molar-refractivity contribution in [1.82, 2.24) is 4.90 Å². The third-order valence-electron chi connectivity index (χ3n) is 3.65. The van der Waals surface area contributed by atoms with E-state index in [1.54, 1.807) is 11.9 Å². The first kappa shape index (κ1) is 15.0. The zero-order chi connectivity index (χ0) is 13.6. The summed E-state index contributed by atoms with van der Waals surface area (Å²) < 4.78 is 0. The van der Waals surface area contributed by atoms with Crippen molar-refractivity contribution in [3.05, 3.63) is 0 Å². The van der Waals surface area contributed by atoms with E-state index in [-0.39, 0.29) is 18.7 Å². The van der Waals surface area contributed by atoms with Gasteiger partial charge in [0.05, 0.1) is 5.60 Å². The average molecular weight is 257 g/mol. The maximum Gasteiger partial charge on any atom is 0.303 e.